The van der Waals surface area contributed by atoms with Crippen molar-refractivity contribution in [2.45, 2.75) is 39.7 Å². The first-order valence-electron chi connectivity index (χ1n) is 6.05. The minimum atomic E-state index is -0.614. The molecule has 0 aliphatic carbocycles. The second kappa shape index (κ2) is 6.19. The molecule has 0 heterocycles. The van der Waals surface area contributed by atoms with Crippen LogP contribution in [0.25, 0.3) is 0 Å². The summed E-state index contributed by atoms with van der Waals surface area (Å²) in [7, 11) is 0. The van der Waals surface area contributed by atoms with E-state index in [0.29, 0.717) is 12.8 Å². The van der Waals surface area contributed by atoms with Gasteiger partial charge in [0.25, 0.3) is 0 Å². The third-order valence-corrected chi connectivity index (χ3v) is 2.92. The van der Waals surface area contributed by atoms with E-state index >= 15 is 0 Å². The number of amides is 2. The van der Waals surface area contributed by atoms with Gasteiger partial charge in [-0.3, -0.25) is 9.59 Å². The monoisotopic (exact) mass is 248 g/mol. The van der Waals surface area contributed by atoms with E-state index in [1.165, 1.54) is 11.1 Å². The summed E-state index contributed by atoms with van der Waals surface area (Å²) in [5.74, 6) is -0.670. The Morgan fingerprint density at radius 2 is 2.00 bits per heavy atom. The fourth-order valence-electron chi connectivity index (χ4n) is 1.76. The van der Waals surface area contributed by atoms with Gasteiger partial charge in [-0.2, -0.15) is 0 Å². The Hall–Kier alpha value is -1.84. The lowest BCUT2D eigenvalue weighted by Crippen LogP contribution is -2.42. The minimum Gasteiger partial charge on any atom is -0.368 e. The molecule has 1 aromatic carbocycles. The van der Waals surface area contributed by atoms with Gasteiger partial charge in [0.05, 0.1) is 0 Å². The van der Waals surface area contributed by atoms with Crippen molar-refractivity contribution in [3.63, 3.8) is 0 Å². The summed E-state index contributed by atoms with van der Waals surface area (Å²) in [5, 5.41) is 2.57. The van der Waals surface area contributed by atoms with Crippen molar-refractivity contribution in [2.75, 3.05) is 0 Å². The Balaban J connectivity index is 2.50. The van der Waals surface area contributed by atoms with Crippen LogP contribution in [0.3, 0.4) is 0 Å². The zero-order valence-electron chi connectivity index (χ0n) is 11.1. The molecule has 0 saturated heterocycles. The molecule has 0 aromatic heterocycles. The lowest BCUT2D eigenvalue weighted by molar-refractivity contribution is -0.126. The van der Waals surface area contributed by atoms with Gasteiger partial charge >= 0.3 is 0 Å². The number of hydrogen-bond acceptors (Lipinski definition) is 2. The number of carbonyl (C=O) groups excluding carboxylic acids is 2. The van der Waals surface area contributed by atoms with E-state index < -0.39 is 11.9 Å². The van der Waals surface area contributed by atoms with Crippen molar-refractivity contribution in [1.29, 1.82) is 0 Å². The molecular formula is C14H20N2O2. The smallest absolute Gasteiger partial charge is 0.239 e. The number of aryl methyl sites for hydroxylation is 3. The van der Waals surface area contributed by atoms with Crippen molar-refractivity contribution < 1.29 is 9.59 Å². The molecule has 0 aliphatic heterocycles. The number of nitrogens with two attached hydrogens (primary N) is 1. The van der Waals surface area contributed by atoms with Crippen LogP contribution in [0, 0.1) is 13.8 Å². The van der Waals surface area contributed by atoms with Crippen LogP contribution in [0.4, 0.5) is 0 Å². The predicted octanol–water partition coefficient (Wildman–Crippen LogP) is 1.23. The van der Waals surface area contributed by atoms with E-state index in [-0.39, 0.29) is 5.91 Å². The van der Waals surface area contributed by atoms with E-state index in [2.05, 4.69) is 11.4 Å². The topological polar surface area (TPSA) is 72.2 Å². The Morgan fingerprint density at radius 1 is 1.33 bits per heavy atom. The molecule has 1 atom stereocenters. The fourth-order valence-corrected chi connectivity index (χ4v) is 1.76. The van der Waals surface area contributed by atoms with Crippen LogP contribution >= 0.6 is 0 Å². The highest BCUT2D eigenvalue weighted by Gasteiger charge is 2.12. The second-order valence-corrected chi connectivity index (χ2v) is 4.62. The van der Waals surface area contributed by atoms with Crippen LogP contribution in [0.2, 0.25) is 0 Å². The summed E-state index contributed by atoms with van der Waals surface area (Å²) in [4.78, 5) is 22.4. The van der Waals surface area contributed by atoms with Crippen molar-refractivity contribution in [3.05, 3.63) is 34.9 Å². The molecule has 0 aliphatic rings. The maximum atomic E-state index is 11.6. The van der Waals surface area contributed by atoms with Crippen molar-refractivity contribution >= 4 is 11.8 Å². The lowest BCUT2D eigenvalue weighted by Gasteiger charge is -2.11. The summed E-state index contributed by atoms with van der Waals surface area (Å²) >= 11 is 0. The normalized spacial score (nSPS) is 11.9. The largest absolute Gasteiger partial charge is 0.368 e. The Labute approximate surface area is 108 Å². The average molecular weight is 248 g/mol. The Bertz CT molecular complexity index is 455. The molecule has 4 heteroatoms. The second-order valence-electron chi connectivity index (χ2n) is 4.62. The zero-order chi connectivity index (χ0) is 13.7. The maximum absolute atomic E-state index is 11.6. The molecule has 1 aromatic rings. The predicted molar refractivity (Wildman–Crippen MR) is 71.0 cm³/mol. The van der Waals surface area contributed by atoms with E-state index in [1.807, 2.05) is 26.0 Å². The molecular weight excluding hydrogens is 228 g/mol. The van der Waals surface area contributed by atoms with Gasteiger partial charge in [0, 0.05) is 6.42 Å². The highest BCUT2D eigenvalue weighted by molar-refractivity contribution is 5.86. The van der Waals surface area contributed by atoms with Crippen molar-refractivity contribution in [3.8, 4) is 0 Å². The molecule has 0 fully saturated rings. The number of primary amides is 1. The first kappa shape index (κ1) is 14.2. The summed E-state index contributed by atoms with van der Waals surface area (Å²) < 4.78 is 0. The van der Waals surface area contributed by atoms with Gasteiger partial charge in [-0.1, -0.05) is 23.8 Å². The first-order chi connectivity index (χ1) is 8.40. The minimum absolute atomic E-state index is 0.152. The fraction of sp³-hybridized carbons (Fsp3) is 0.429. The lowest BCUT2D eigenvalue weighted by atomic mass is 10.0. The van der Waals surface area contributed by atoms with E-state index in [9.17, 15) is 9.59 Å². The van der Waals surface area contributed by atoms with Gasteiger partial charge < -0.3 is 11.1 Å². The molecule has 1 rings (SSSR count). The first-order valence-corrected chi connectivity index (χ1v) is 6.05. The molecule has 4 nitrogen and oxygen atoms in total. The number of benzene rings is 1. The third-order valence-electron chi connectivity index (χ3n) is 2.92. The highest BCUT2D eigenvalue weighted by Crippen LogP contribution is 2.12. The van der Waals surface area contributed by atoms with Crippen LogP contribution in [0.15, 0.2) is 18.2 Å². The van der Waals surface area contributed by atoms with Crippen molar-refractivity contribution in [1.82, 2.24) is 5.32 Å². The molecule has 3 N–H and O–H groups in total. The molecule has 0 unspecified atom stereocenters. The maximum Gasteiger partial charge on any atom is 0.239 e. The quantitative estimate of drug-likeness (QED) is 0.822. The number of nitrogens with one attached hydrogen (secondary N) is 1. The molecule has 98 valence electrons. The van der Waals surface area contributed by atoms with E-state index in [0.717, 1.165) is 5.56 Å². The third kappa shape index (κ3) is 4.20. The van der Waals surface area contributed by atoms with Gasteiger partial charge in [-0.25, -0.2) is 0 Å². The zero-order valence-corrected chi connectivity index (χ0v) is 11.1. The van der Waals surface area contributed by atoms with Gasteiger partial charge in [0.1, 0.15) is 6.04 Å². The molecule has 0 saturated carbocycles. The van der Waals surface area contributed by atoms with E-state index in [1.54, 1.807) is 6.92 Å². The number of carbonyl (C=O) groups is 2. The molecule has 2 amide bonds. The summed E-state index contributed by atoms with van der Waals surface area (Å²) in [5.41, 5.74) is 8.63. The highest BCUT2D eigenvalue weighted by atomic mass is 16.2. The summed E-state index contributed by atoms with van der Waals surface area (Å²) in [6.45, 7) is 5.65. The Kier molecular flexibility index (Phi) is 4.89. The van der Waals surface area contributed by atoms with Crippen LogP contribution in [0.1, 0.15) is 30.0 Å². The molecule has 18 heavy (non-hydrogen) atoms. The van der Waals surface area contributed by atoms with Crippen LogP contribution < -0.4 is 11.1 Å². The van der Waals surface area contributed by atoms with Gasteiger partial charge in [-0.05, 0) is 38.3 Å². The molecule has 0 radical (unpaired) electrons. The van der Waals surface area contributed by atoms with Crippen molar-refractivity contribution in [2.24, 2.45) is 5.73 Å². The van der Waals surface area contributed by atoms with Crippen LogP contribution in [-0.4, -0.2) is 17.9 Å². The Morgan fingerprint density at radius 3 is 2.56 bits per heavy atom. The van der Waals surface area contributed by atoms with E-state index in [4.69, 9.17) is 5.73 Å². The standard InChI is InChI=1S/C14H20N2O2/c1-9-4-5-12(10(2)8-9)6-7-13(17)16-11(3)14(15)18/h4-5,8,11H,6-7H2,1-3H3,(H2,15,18)(H,16,17)/t11-/m0/s1. The average Bonchev–Trinajstić information content (AvgIpc) is 2.27. The SMILES string of the molecule is Cc1ccc(CCC(=O)N[C@@H](C)C(N)=O)c(C)c1. The van der Waals surface area contributed by atoms with Gasteiger partial charge in [-0.15, -0.1) is 0 Å². The summed E-state index contributed by atoms with van der Waals surface area (Å²) in [6.07, 6.45) is 1.03. The van der Waals surface area contributed by atoms with Gasteiger partial charge in [0.15, 0.2) is 0 Å². The summed E-state index contributed by atoms with van der Waals surface area (Å²) in [6, 6.07) is 5.55. The number of rotatable bonds is 5. The van der Waals surface area contributed by atoms with Gasteiger partial charge in [0.2, 0.25) is 11.8 Å². The number of hydrogen-bond donors (Lipinski definition) is 2. The molecule has 0 bridgehead atoms. The van der Waals surface area contributed by atoms with Crippen LogP contribution in [-0.2, 0) is 16.0 Å². The molecule has 0 spiro atoms. The van der Waals surface area contributed by atoms with Crippen LogP contribution in [0.5, 0.6) is 0 Å².